The molecule has 0 unspecified atom stereocenters. The van der Waals surface area contributed by atoms with Crippen molar-refractivity contribution in [1.29, 1.82) is 0 Å². The van der Waals surface area contributed by atoms with Gasteiger partial charge in [-0.15, -0.1) is 0 Å². The number of nitrogens with zero attached hydrogens (tertiary/aromatic N) is 1. The van der Waals surface area contributed by atoms with Crippen LogP contribution in [-0.4, -0.2) is 43.8 Å². The van der Waals surface area contributed by atoms with Crippen LogP contribution in [0.15, 0.2) is 59.8 Å². The van der Waals surface area contributed by atoms with E-state index in [1.54, 1.807) is 30.3 Å². The van der Waals surface area contributed by atoms with Crippen molar-refractivity contribution in [2.24, 2.45) is 5.16 Å². The Balaban J connectivity index is 2.41. The molecule has 0 saturated carbocycles. The Morgan fingerprint density at radius 3 is 1.65 bits per heavy atom. The van der Waals surface area contributed by atoms with Crippen LogP contribution < -0.4 is 0 Å². The van der Waals surface area contributed by atoms with E-state index < -0.39 is 51.1 Å². The summed E-state index contributed by atoms with van der Waals surface area (Å²) in [6.07, 6.45) is -11.1. The van der Waals surface area contributed by atoms with Crippen molar-refractivity contribution >= 4 is 15.8 Å². The van der Waals surface area contributed by atoms with Crippen LogP contribution >= 0.6 is 0 Å². The Hall–Kier alpha value is -2.91. The lowest BCUT2D eigenvalue weighted by Crippen LogP contribution is -2.63. The maximum atomic E-state index is 13.6. The zero-order valence-electron chi connectivity index (χ0n) is 16.0. The molecule has 4 nitrogen and oxygen atoms in total. The van der Waals surface area contributed by atoms with Crippen molar-refractivity contribution in [1.82, 2.24) is 0 Å². The van der Waals surface area contributed by atoms with Crippen LogP contribution in [0.3, 0.4) is 0 Å². The van der Waals surface area contributed by atoms with Gasteiger partial charge in [-0.05, 0) is 11.1 Å². The van der Waals surface area contributed by atoms with E-state index in [0.717, 1.165) is 12.1 Å². The molecular formula is C18H10F11NO3S. The molecule has 2 rings (SSSR count). The SMILES string of the molecule is O=S(=O)(ON=C(c1ccc(-c2ccccc2)cc1)C(F)F)C(F)(F)C(F)(F)C(F)(F)C(F)(F)F. The molecule has 2 aromatic carbocycles. The molecule has 34 heavy (non-hydrogen) atoms. The number of hydrogen-bond donors (Lipinski definition) is 0. The van der Waals surface area contributed by atoms with Crippen LogP contribution in [0.1, 0.15) is 5.56 Å². The highest BCUT2D eigenvalue weighted by molar-refractivity contribution is 7.87. The third-order valence-corrected chi connectivity index (χ3v) is 5.31. The number of halogens is 11. The predicted molar refractivity (Wildman–Crippen MR) is 95.3 cm³/mol. The third kappa shape index (κ3) is 4.81. The van der Waals surface area contributed by atoms with Gasteiger partial charge in [-0.2, -0.15) is 47.9 Å². The first-order valence-corrected chi connectivity index (χ1v) is 9.93. The monoisotopic (exact) mass is 529 g/mol. The lowest BCUT2D eigenvalue weighted by molar-refractivity contribution is -0.382. The fourth-order valence-electron chi connectivity index (χ4n) is 2.34. The Labute approximate surface area is 183 Å². The molecule has 0 radical (unpaired) electrons. The van der Waals surface area contributed by atoms with Crippen molar-refractivity contribution in [2.75, 3.05) is 0 Å². The molecule has 0 aliphatic carbocycles. The summed E-state index contributed by atoms with van der Waals surface area (Å²) in [6.45, 7) is 0. The minimum atomic E-state index is -7.59. The first-order valence-electron chi connectivity index (χ1n) is 8.52. The van der Waals surface area contributed by atoms with Gasteiger partial charge in [-0.3, -0.25) is 4.28 Å². The Bertz CT molecular complexity index is 1130. The molecule has 0 heterocycles. The molecule has 16 heteroatoms. The van der Waals surface area contributed by atoms with Crippen molar-refractivity contribution in [3.63, 3.8) is 0 Å². The van der Waals surface area contributed by atoms with E-state index in [4.69, 9.17) is 0 Å². The topological polar surface area (TPSA) is 55.7 Å². The summed E-state index contributed by atoms with van der Waals surface area (Å²) in [5, 5.41) is -5.10. The second-order valence-electron chi connectivity index (χ2n) is 6.41. The lowest BCUT2D eigenvalue weighted by atomic mass is 10.0. The van der Waals surface area contributed by atoms with Gasteiger partial charge in [0.2, 0.25) is 0 Å². The molecule has 0 bridgehead atoms. The predicted octanol–water partition coefficient (Wildman–Crippen LogP) is 6.09. The molecule has 0 atom stereocenters. The van der Waals surface area contributed by atoms with Crippen LogP contribution in [0, 0.1) is 0 Å². The summed E-state index contributed by atoms with van der Waals surface area (Å²) in [5.74, 6) is -15.1. The highest BCUT2D eigenvalue weighted by atomic mass is 32.2. The zero-order chi connectivity index (χ0) is 26.2. The third-order valence-electron chi connectivity index (χ3n) is 4.16. The maximum Gasteiger partial charge on any atom is 0.460 e. The van der Waals surface area contributed by atoms with Gasteiger partial charge in [0.1, 0.15) is 0 Å². The van der Waals surface area contributed by atoms with Crippen LogP contribution in [0.25, 0.3) is 11.1 Å². The molecule has 0 amide bonds. The Kier molecular flexibility index (Phi) is 7.26. The second kappa shape index (κ2) is 9.03. The molecule has 0 saturated heterocycles. The number of hydrogen-bond acceptors (Lipinski definition) is 4. The van der Waals surface area contributed by atoms with Gasteiger partial charge in [-0.25, -0.2) is 8.78 Å². The number of benzene rings is 2. The molecular weight excluding hydrogens is 519 g/mol. The van der Waals surface area contributed by atoms with Gasteiger partial charge < -0.3 is 0 Å². The molecule has 0 aliphatic rings. The van der Waals surface area contributed by atoms with Crippen LogP contribution in [0.4, 0.5) is 48.3 Å². The molecule has 0 aromatic heterocycles. The number of rotatable bonds is 8. The average molecular weight is 529 g/mol. The normalized spacial score (nSPS) is 14.4. The number of oxime groups is 1. The smallest absolute Gasteiger partial charge is 0.263 e. The summed E-state index contributed by atoms with van der Waals surface area (Å²) in [7, 11) is -7.43. The van der Waals surface area contributed by atoms with Crippen molar-refractivity contribution < 1.29 is 61.0 Å². The van der Waals surface area contributed by atoms with Crippen molar-refractivity contribution in [3.8, 4) is 11.1 Å². The quantitative estimate of drug-likeness (QED) is 0.236. The van der Waals surface area contributed by atoms with Crippen LogP contribution in [0.2, 0.25) is 0 Å². The molecule has 0 spiro atoms. The van der Waals surface area contributed by atoms with E-state index in [1.807, 2.05) is 0 Å². The first-order chi connectivity index (χ1) is 15.4. The fourth-order valence-corrected chi connectivity index (χ4v) is 3.05. The van der Waals surface area contributed by atoms with Crippen molar-refractivity contribution in [2.45, 2.75) is 29.7 Å². The highest BCUT2D eigenvalue weighted by Gasteiger charge is 2.86. The van der Waals surface area contributed by atoms with Crippen LogP contribution in [-0.2, 0) is 14.4 Å². The minimum Gasteiger partial charge on any atom is -0.263 e. The Morgan fingerprint density at radius 2 is 1.21 bits per heavy atom. The van der Waals surface area contributed by atoms with Crippen molar-refractivity contribution in [3.05, 3.63) is 60.2 Å². The molecule has 0 N–H and O–H groups in total. The van der Waals surface area contributed by atoms with Gasteiger partial charge in [0.05, 0.1) is 0 Å². The van der Waals surface area contributed by atoms with E-state index in [0.29, 0.717) is 11.1 Å². The van der Waals surface area contributed by atoms with Gasteiger partial charge in [0.25, 0.3) is 6.43 Å². The van der Waals surface area contributed by atoms with E-state index in [2.05, 4.69) is 9.44 Å². The van der Waals surface area contributed by atoms with Gasteiger partial charge in [-0.1, -0.05) is 59.8 Å². The molecule has 2 aromatic rings. The van der Waals surface area contributed by atoms with E-state index in [-0.39, 0.29) is 0 Å². The summed E-state index contributed by atoms with van der Waals surface area (Å²) in [6, 6.07) is 12.3. The number of alkyl halides is 11. The van der Waals surface area contributed by atoms with E-state index in [9.17, 15) is 56.7 Å². The van der Waals surface area contributed by atoms with E-state index in [1.165, 1.54) is 12.1 Å². The maximum absolute atomic E-state index is 13.6. The Morgan fingerprint density at radius 1 is 0.735 bits per heavy atom. The zero-order valence-corrected chi connectivity index (χ0v) is 16.8. The summed E-state index contributed by atoms with van der Waals surface area (Å²) >= 11 is 0. The molecule has 0 fully saturated rings. The second-order valence-corrected chi connectivity index (χ2v) is 7.98. The van der Waals surface area contributed by atoms with Crippen LogP contribution in [0.5, 0.6) is 0 Å². The summed E-state index contributed by atoms with van der Waals surface area (Å²) in [5.41, 5.74) is -1.35. The van der Waals surface area contributed by atoms with E-state index >= 15 is 0 Å². The molecule has 0 aliphatic heterocycles. The van der Waals surface area contributed by atoms with Gasteiger partial charge in [0.15, 0.2) is 5.71 Å². The average Bonchev–Trinajstić information content (AvgIpc) is 2.73. The minimum absolute atomic E-state index is 0.437. The fraction of sp³-hybridized carbons (Fsp3) is 0.278. The van der Waals surface area contributed by atoms with Gasteiger partial charge in [0, 0.05) is 5.56 Å². The highest BCUT2D eigenvalue weighted by Crippen LogP contribution is 2.55. The first kappa shape index (κ1) is 27.3. The lowest BCUT2D eigenvalue weighted by Gasteiger charge is -2.31. The summed E-state index contributed by atoms with van der Waals surface area (Å²) in [4.78, 5) is 0. The molecule has 188 valence electrons. The standard InChI is InChI=1S/C18H10F11NO3S/c19-14(20)13(12-8-6-11(7-9-12)10-4-2-1-3-5-10)30-33-34(31,32)18(28,29)16(23,24)15(21,22)17(25,26)27/h1-9,14H. The largest absolute Gasteiger partial charge is 0.460 e. The summed E-state index contributed by atoms with van der Waals surface area (Å²) < 4.78 is 168. The van der Waals surface area contributed by atoms with Gasteiger partial charge >= 0.3 is 33.4 Å².